The van der Waals surface area contributed by atoms with Crippen LogP contribution in [-0.4, -0.2) is 17.3 Å². The first kappa shape index (κ1) is 16.4. The highest BCUT2D eigenvalue weighted by molar-refractivity contribution is 7.16. The standard InChI is InChI=1S/C20H16N2O3S/c1-4-7-22-15-8-12(2)13(3)9-18(15)26-20(22)21-19(23)14-5-6-16-17(10-14)25-11-24-16/h1,5-6,8-10H,7,11H2,2-3H3. The Hall–Kier alpha value is -3.04. The molecule has 0 saturated heterocycles. The molecule has 1 amide bonds. The van der Waals surface area contributed by atoms with Crippen molar-refractivity contribution >= 4 is 27.5 Å². The first-order chi connectivity index (χ1) is 12.6. The molecule has 0 aliphatic carbocycles. The third-order valence-electron chi connectivity index (χ3n) is 4.36. The predicted molar refractivity (Wildman–Crippen MR) is 101 cm³/mol. The molecule has 1 aliphatic rings. The SMILES string of the molecule is C#CCn1c(=NC(=O)c2ccc3c(c2)OCO3)sc2cc(C)c(C)cc21. The van der Waals surface area contributed by atoms with Crippen LogP contribution in [0.4, 0.5) is 0 Å². The van der Waals surface area contributed by atoms with Gasteiger partial charge >= 0.3 is 0 Å². The third kappa shape index (κ3) is 2.76. The topological polar surface area (TPSA) is 52.8 Å². The average Bonchev–Trinajstić information content (AvgIpc) is 3.21. The minimum atomic E-state index is -0.339. The Kier molecular flexibility index (Phi) is 4.02. The summed E-state index contributed by atoms with van der Waals surface area (Å²) in [6, 6.07) is 9.25. The Balaban J connectivity index is 1.83. The van der Waals surface area contributed by atoms with Crippen molar-refractivity contribution in [1.82, 2.24) is 4.57 Å². The molecule has 0 N–H and O–H groups in total. The molecule has 1 aliphatic heterocycles. The van der Waals surface area contributed by atoms with E-state index in [0.29, 0.717) is 28.4 Å². The van der Waals surface area contributed by atoms with Gasteiger partial charge in [0.05, 0.1) is 16.8 Å². The molecule has 0 bridgehead atoms. The van der Waals surface area contributed by atoms with Crippen LogP contribution in [0.15, 0.2) is 35.3 Å². The minimum Gasteiger partial charge on any atom is -0.454 e. The predicted octanol–water partition coefficient (Wildman–Crippen LogP) is 3.42. The Bertz CT molecular complexity index is 1150. The van der Waals surface area contributed by atoms with Crippen LogP contribution >= 0.6 is 11.3 Å². The van der Waals surface area contributed by atoms with E-state index in [-0.39, 0.29) is 12.7 Å². The van der Waals surface area contributed by atoms with Crippen LogP contribution in [0.5, 0.6) is 11.5 Å². The summed E-state index contributed by atoms with van der Waals surface area (Å²) in [5.41, 5.74) is 3.81. The van der Waals surface area contributed by atoms with Gasteiger partial charge in [0.25, 0.3) is 5.91 Å². The summed E-state index contributed by atoms with van der Waals surface area (Å²) in [5, 5.41) is 0. The fourth-order valence-corrected chi connectivity index (χ4v) is 3.94. The number of aromatic nitrogens is 1. The second-order valence-corrected chi connectivity index (χ2v) is 7.07. The van der Waals surface area contributed by atoms with Crippen LogP contribution in [0.25, 0.3) is 10.2 Å². The number of amides is 1. The second-order valence-electron chi connectivity index (χ2n) is 6.06. The van der Waals surface area contributed by atoms with Gasteiger partial charge in [0.15, 0.2) is 16.3 Å². The molecular weight excluding hydrogens is 348 g/mol. The summed E-state index contributed by atoms with van der Waals surface area (Å²) in [6.45, 7) is 4.65. The van der Waals surface area contributed by atoms with Crippen molar-refractivity contribution in [1.29, 1.82) is 0 Å². The van der Waals surface area contributed by atoms with E-state index in [1.807, 2.05) is 4.57 Å². The van der Waals surface area contributed by atoms with Gasteiger partial charge in [-0.05, 0) is 55.3 Å². The van der Waals surface area contributed by atoms with Gasteiger partial charge in [0, 0.05) is 5.56 Å². The number of hydrogen-bond acceptors (Lipinski definition) is 4. The van der Waals surface area contributed by atoms with Gasteiger partial charge < -0.3 is 14.0 Å². The van der Waals surface area contributed by atoms with E-state index in [2.05, 4.69) is 36.9 Å². The molecule has 0 fully saturated rings. The Labute approximate surface area is 154 Å². The lowest BCUT2D eigenvalue weighted by Gasteiger charge is -2.03. The third-order valence-corrected chi connectivity index (χ3v) is 5.41. The monoisotopic (exact) mass is 364 g/mol. The molecule has 0 unspecified atom stereocenters. The highest BCUT2D eigenvalue weighted by Crippen LogP contribution is 2.32. The van der Waals surface area contributed by atoms with Crippen molar-refractivity contribution in [3.05, 3.63) is 51.8 Å². The van der Waals surface area contributed by atoms with E-state index in [1.165, 1.54) is 22.5 Å². The number of terminal acetylenes is 1. The van der Waals surface area contributed by atoms with Crippen molar-refractivity contribution in [3.8, 4) is 23.8 Å². The maximum absolute atomic E-state index is 12.7. The highest BCUT2D eigenvalue weighted by Gasteiger charge is 2.16. The fourth-order valence-electron chi connectivity index (χ4n) is 2.83. The quantitative estimate of drug-likeness (QED) is 0.655. The summed E-state index contributed by atoms with van der Waals surface area (Å²) in [7, 11) is 0. The number of hydrogen-bond donors (Lipinski definition) is 0. The van der Waals surface area contributed by atoms with E-state index in [9.17, 15) is 4.79 Å². The molecule has 0 radical (unpaired) electrons. The fraction of sp³-hybridized carbons (Fsp3) is 0.200. The lowest BCUT2D eigenvalue weighted by Crippen LogP contribution is -2.16. The summed E-state index contributed by atoms with van der Waals surface area (Å²) in [5.74, 6) is 3.50. The number of rotatable bonds is 2. The largest absolute Gasteiger partial charge is 0.454 e. The average molecular weight is 364 g/mol. The highest BCUT2D eigenvalue weighted by atomic mass is 32.1. The van der Waals surface area contributed by atoms with Crippen molar-refractivity contribution in [2.24, 2.45) is 4.99 Å². The van der Waals surface area contributed by atoms with E-state index in [0.717, 1.165) is 10.2 Å². The van der Waals surface area contributed by atoms with E-state index >= 15 is 0 Å². The summed E-state index contributed by atoms with van der Waals surface area (Å²) < 4.78 is 13.6. The minimum absolute atomic E-state index is 0.168. The molecule has 2 aromatic carbocycles. The van der Waals surface area contributed by atoms with Gasteiger partial charge in [0.2, 0.25) is 6.79 Å². The van der Waals surface area contributed by atoms with Crippen molar-refractivity contribution < 1.29 is 14.3 Å². The summed E-state index contributed by atoms with van der Waals surface area (Å²) in [4.78, 5) is 17.6. The zero-order valence-electron chi connectivity index (χ0n) is 14.4. The van der Waals surface area contributed by atoms with Crippen LogP contribution < -0.4 is 14.3 Å². The lowest BCUT2D eigenvalue weighted by molar-refractivity contribution is 0.0997. The molecule has 0 spiro atoms. The van der Waals surface area contributed by atoms with Crippen molar-refractivity contribution in [2.45, 2.75) is 20.4 Å². The number of ether oxygens (including phenoxy) is 2. The van der Waals surface area contributed by atoms with Gasteiger partial charge in [-0.1, -0.05) is 17.3 Å². The van der Waals surface area contributed by atoms with E-state index in [4.69, 9.17) is 15.9 Å². The Morgan fingerprint density at radius 1 is 1.23 bits per heavy atom. The smallest absolute Gasteiger partial charge is 0.279 e. The Morgan fingerprint density at radius 3 is 2.81 bits per heavy atom. The maximum Gasteiger partial charge on any atom is 0.279 e. The number of fused-ring (bicyclic) bond motifs is 2. The first-order valence-electron chi connectivity index (χ1n) is 8.09. The molecule has 5 nitrogen and oxygen atoms in total. The zero-order chi connectivity index (χ0) is 18.3. The molecule has 0 atom stereocenters. The van der Waals surface area contributed by atoms with Crippen LogP contribution in [-0.2, 0) is 6.54 Å². The summed E-state index contributed by atoms with van der Waals surface area (Å²) >= 11 is 1.46. The normalized spacial score (nSPS) is 13.2. The molecule has 4 rings (SSSR count). The summed E-state index contributed by atoms with van der Waals surface area (Å²) in [6.07, 6.45) is 5.53. The number of nitrogens with zero attached hydrogens (tertiary/aromatic N) is 2. The molecule has 0 saturated carbocycles. The van der Waals surface area contributed by atoms with Gasteiger partial charge in [-0.25, -0.2) is 0 Å². The van der Waals surface area contributed by atoms with E-state index in [1.54, 1.807) is 18.2 Å². The van der Waals surface area contributed by atoms with Crippen LogP contribution in [0.3, 0.4) is 0 Å². The molecule has 3 aromatic rings. The number of aryl methyl sites for hydroxylation is 2. The van der Waals surface area contributed by atoms with Gasteiger partial charge in [-0.2, -0.15) is 4.99 Å². The Morgan fingerprint density at radius 2 is 2.00 bits per heavy atom. The zero-order valence-corrected chi connectivity index (χ0v) is 15.2. The van der Waals surface area contributed by atoms with Gasteiger partial charge in [-0.3, -0.25) is 4.79 Å². The van der Waals surface area contributed by atoms with Crippen LogP contribution in [0.2, 0.25) is 0 Å². The molecule has 1 aromatic heterocycles. The van der Waals surface area contributed by atoms with Crippen molar-refractivity contribution in [3.63, 3.8) is 0 Å². The molecule has 6 heteroatoms. The molecule has 2 heterocycles. The van der Waals surface area contributed by atoms with E-state index < -0.39 is 0 Å². The lowest BCUT2D eigenvalue weighted by atomic mass is 10.1. The molecule has 130 valence electrons. The second kappa shape index (κ2) is 6.36. The number of benzene rings is 2. The van der Waals surface area contributed by atoms with Gasteiger partial charge in [0.1, 0.15) is 0 Å². The van der Waals surface area contributed by atoms with Gasteiger partial charge in [-0.15, -0.1) is 6.42 Å². The number of carbonyl (C=O) groups is 1. The number of thiazole rings is 1. The maximum atomic E-state index is 12.7. The molecule has 26 heavy (non-hydrogen) atoms. The number of carbonyl (C=O) groups excluding carboxylic acids is 1. The van der Waals surface area contributed by atoms with Crippen LogP contribution in [0, 0.1) is 26.2 Å². The van der Waals surface area contributed by atoms with Crippen LogP contribution in [0.1, 0.15) is 21.5 Å². The molecular formula is C20H16N2O3S. The van der Waals surface area contributed by atoms with Crippen molar-refractivity contribution in [2.75, 3.05) is 6.79 Å². The first-order valence-corrected chi connectivity index (χ1v) is 8.91.